The summed E-state index contributed by atoms with van der Waals surface area (Å²) in [5, 5.41) is 2.60. The summed E-state index contributed by atoms with van der Waals surface area (Å²) in [7, 11) is 0. The van der Waals surface area contributed by atoms with Crippen molar-refractivity contribution in [3.05, 3.63) is 0 Å². The predicted octanol–water partition coefficient (Wildman–Crippen LogP) is 3.68. The van der Waals surface area contributed by atoms with Crippen molar-refractivity contribution in [1.82, 2.24) is 18.7 Å². The minimum atomic E-state index is 0.850. The van der Waals surface area contributed by atoms with Crippen LogP contribution in [0.2, 0.25) is 0 Å². The zero-order valence-electron chi connectivity index (χ0n) is 8.95. The molecule has 0 spiro atoms. The lowest BCUT2D eigenvalue weighted by Gasteiger charge is -1.92. The minimum absolute atomic E-state index is 0.850. The molecule has 2 aromatic rings. The summed E-state index contributed by atoms with van der Waals surface area (Å²) < 4.78 is 10.4. The summed E-state index contributed by atoms with van der Waals surface area (Å²) in [6, 6.07) is 0. The lowest BCUT2D eigenvalue weighted by atomic mass is 11.3. The Morgan fingerprint density at radius 1 is 0.882 bits per heavy atom. The number of hydrogen-bond acceptors (Lipinski definition) is 10. The van der Waals surface area contributed by atoms with Crippen LogP contribution in [0, 0.1) is 0 Å². The fraction of sp³-hybridized carbons (Fsp3) is 0.429. The fourth-order valence-corrected chi connectivity index (χ4v) is 5.73. The molecule has 0 fully saturated rings. The molecule has 0 radical (unpaired) electrons. The van der Waals surface area contributed by atoms with E-state index in [1.165, 1.54) is 23.1 Å². The molecule has 92 valence electrons. The molecule has 0 bridgehead atoms. The number of aromatic nitrogens is 4. The van der Waals surface area contributed by atoms with Gasteiger partial charge in [0.1, 0.15) is 0 Å². The van der Waals surface area contributed by atoms with Crippen molar-refractivity contribution in [2.24, 2.45) is 0 Å². The van der Waals surface area contributed by atoms with Crippen LogP contribution in [0.15, 0.2) is 19.0 Å². The maximum absolute atomic E-state index is 4.36. The van der Waals surface area contributed by atoms with Crippen LogP contribution in [0.3, 0.4) is 0 Å². The lowest BCUT2D eigenvalue weighted by molar-refractivity contribution is 1.02. The summed E-state index contributed by atoms with van der Waals surface area (Å²) >= 11 is 9.43. The van der Waals surface area contributed by atoms with Crippen molar-refractivity contribution in [1.29, 1.82) is 0 Å². The molecule has 0 aliphatic carbocycles. The number of thioether (sulfide) groups is 4. The summed E-state index contributed by atoms with van der Waals surface area (Å²) in [6.07, 6.45) is 3.97. The third-order valence-corrected chi connectivity index (χ3v) is 6.63. The van der Waals surface area contributed by atoms with Gasteiger partial charge in [-0.25, -0.2) is 9.97 Å². The van der Waals surface area contributed by atoms with E-state index in [2.05, 4.69) is 18.7 Å². The maximum atomic E-state index is 4.36. The highest BCUT2D eigenvalue weighted by Gasteiger charge is 2.06. The average Bonchev–Trinajstić information content (AvgIpc) is 2.97. The van der Waals surface area contributed by atoms with E-state index in [1.54, 1.807) is 47.0 Å². The summed E-state index contributed by atoms with van der Waals surface area (Å²) in [6.45, 7) is 0. The van der Waals surface area contributed by atoms with Crippen molar-refractivity contribution in [3.8, 4) is 0 Å². The highest BCUT2D eigenvalue weighted by molar-refractivity contribution is 8.17. The van der Waals surface area contributed by atoms with Gasteiger partial charge in [0.05, 0.1) is 5.08 Å². The van der Waals surface area contributed by atoms with Gasteiger partial charge in [-0.15, -0.1) is 0 Å². The van der Waals surface area contributed by atoms with Gasteiger partial charge in [0, 0.05) is 0 Å². The van der Waals surface area contributed by atoms with Crippen molar-refractivity contribution in [3.63, 3.8) is 0 Å². The first-order valence-corrected chi connectivity index (χ1v) is 10.3. The van der Waals surface area contributed by atoms with Crippen LogP contribution < -0.4 is 0 Å². The van der Waals surface area contributed by atoms with E-state index in [0.29, 0.717) is 0 Å². The Bertz CT molecular complexity index is 426. The van der Waals surface area contributed by atoms with Gasteiger partial charge in [-0.3, -0.25) is 0 Å². The van der Waals surface area contributed by atoms with Crippen LogP contribution >= 0.6 is 70.1 Å². The quantitative estimate of drug-likeness (QED) is 0.583. The largest absolute Gasteiger partial charge is 0.203 e. The van der Waals surface area contributed by atoms with Crippen LogP contribution in [-0.4, -0.2) is 36.3 Å². The second-order valence-electron chi connectivity index (χ2n) is 2.50. The van der Waals surface area contributed by atoms with Crippen LogP contribution in [-0.2, 0) is 0 Å². The topological polar surface area (TPSA) is 51.6 Å². The van der Waals surface area contributed by atoms with Gasteiger partial charge in [0.2, 0.25) is 10.3 Å². The van der Waals surface area contributed by atoms with E-state index < -0.39 is 0 Å². The first kappa shape index (κ1) is 13.9. The Morgan fingerprint density at radius 3 is 1.71 bits per heavy atom. The van der Waals surface area contributed by atoms with E-state index in [4.69, 9.17) is 0 Å². The summed E-state index contributed by atoms with van der Waals surface area (Å²) in [5.74, 6) is 0. The van der Waals surface area contributed by atoms with E-state index in [1.807, 2.05) is 12.5 Å². The van der Waals surface area contributed by atoms with Crippen LogP contribution in [0.5, 0.6) is 0 Å². The molecule has 0 aliphatic heterocycles. The van der Waals surface area contributed by atoms with Crippen molar-refractivity contribution < 1.29 is 0 Å². The van der Waals surface area contributed by atoms with Crippen LogP contribution in [0.1, 0.15) is 0 Å². The average molecular weight is 341 g/mol. The SMILES string of the molecule is CSc1nsc(SCSc2nc(SC)ns2)n1. The summed E-state index contributed by atoms with van der Waals surface area (Å²) in [4.78, 5) is 8.73. The van der Waals surface area contributed by atoms with Crippen LogP contribution in [0.4, 0.5) is 0 Å². The molecule has 0 saturated heterocycles. The Morgan fingerprint density at radius 2 is 1.35 bits per heavy atom. The van der Waals surface area contributed by atoms with Crippen molar-refractivity contribution in [2.75, 3.05) is 17.6 Å². The lowest BCUT2D eigenvalue weighted by Crippen LogP contribution is -1.75. The maximum Gasteiger partial charge on any atom is 0.200 e. The molecule has 0 atom stereocenters. The molecule has 0 N–H and O–H groups in total. The van der Waals surface area contributed by atoms with Gasteiger partial charge in [0.25, 0.3) is 0 Å². The third-order valence-electron chi connectivity index (χ3n) is 1.51. The molecule has 2 aromatic heterocycles. The van der Waals surface area contributed by atoms with Gasteiger partial charge in [0.15, 0.2) is 8.68 Å². The molecule has 2 heterocycles. The normalized spacial score (nSPS) is 10.9. The van der Waals surface area contributed by atoms with E-state index >= 15 is 0 Å². The monoisotopic (exact) mass is 340 g/mol. The molecule has 0 unspecified atom stereocenters. The van der Waals surface area contributed by atoms with Crippen molar-refractivity contribution >= 4 is 70.1 Å². The standard InChI is InChI=1S/C7H8N4S6/c1-12-4-8-6(16-10-4)14-3-15-7-9-5(13-2)11-17-7/h3H2,1-2H3. The molecule has 2 rings (SSSR count). The third kappa shape index (κ3) is 4.28. The van der Waals surface area contributed by atoms with E-state index in [9.17, 15) is 0 Å². The highest BCUT2D eigenvalue weighted by atomic mass is 32.2. The number of rotatable bonds is 6. The molecular weight excluding hydrogens is 333 g/mol. The summed E-state index contributed by atoms with van der Waals surface area (Å²) in [5.41, 5.74) is 0. The smallest absolute Gasteiger partial charge is 0.200 e. The molecule has 4 nitrogen and oxygen atoms in total. The van der Waals surface area contributed by atoms with Crippen LogP contribution in [0.25, 0.3) is 0 Å². The van der Waals surface area contributed by atoms with E-state index in [-0.39, 0.29) is 0 Å². The molecule has 0 aliphatic rings. The molecule has 0 aromatic carbocycles. The number of nitrogens with zero attached hydrogens (tertiary/aromatic N) is 4. The Kier molecular flexibility index (Phi) is 5.90. The predicted molar refractivity (Wildman–Crippen MR) is 80.0 cm³/mol. The second kappa shape index (κ2) is 7.19. The molecular formula is C7H8N4S6. The second-order valence-corrected chi connectivity index (χ2v) is 8.36. The zero-order valence-corrected chi connectivity index (χ0v) is 13.8. The fourth-order valence-electron chi connectivity index (χ4n) is 0.807. The first-order valence-electron chi connectivity index (χ1n) is 4.33. The van der Waals surface area contributed by atoms with Gasteiger partial charge in [-0.1, -0.05) is 47.0 Å². The Balaban J connectivity index is 1.79. The van der Waals surface area contributed by atoms with Gasteiger partial charge < -0.3 is 0 Å². The minimum Gasteiger partial charge on any atom is -0.203 e. The van der Waals surface area contributed by atoms with Gasteiger partial charge in [-0.05, 0) is 35.6 Å². The molecule has 0 amide bonds. The Labute approximate surface area is 125 Å². The first-order chi connectivity index (χ1) is 8.31. The van der Waals surface area contributed by atoms with Crippen molar-refractivity contribution in [2.45, 2.75) is 19.0 Å². The molecule has 10 heteroatoms. The highest BCUT2D eigenvalue weighted by Crippen LogP contribution is 2.31. The van der Waals surface area contributed by atoms with Gasteiger partial charge >= 0.3 is 0 Å². The Hall–Kier alpha value is 0.520. The molecule has 17 heavy (non-hydrogen) atoms. The molecule has 0 saturated carbocycles. The zero-order chi connectivity index (χ0) is 12.1. The van der Waals surface area contributed by atoms with Gasteiger partial charge in [-0.2, -0.15) is 8.75 Å². The number of hydrogen-bond donors (Lipinski definition) is 0. The van der Waals surface area contributed by atoms with E-state index in [0.717, 1.165) is 24.1 Å².